The Morgan fingerprint density at radius 2 is 2.07 bits per heavy atom. The van der Waals surface area contributed by atoms with Gasteiger partial charge in [-0.15, -0.1) is 0 Å². The molecule has 1 fully saturated rings. The molecule has 80 valence electrons. The van der Waals surface area contributed by atoms with Crippen molar-refractivity contribution in [3.63, 3.8) is 0 Å². The second-order valence-corrected chi connectivity index (χ2v) is 4.29. The maximum Gasteiger partial charge on any atom is 0.408 e. The Morgan fingerprint density at radius 1 is 1.50 bits per heavy atom. The summed E-state index contributed by atoms with van der Waals surface area (Å²) < 4.78 is 9.84. The van der Waals surface area contributed by atoms with Crippen molar-refractivity contribution in [2.45, 2.75) is 45.4 Å². The Morgan fingerprint density at radius 3 is 2.43 bits per heavy atom. The molecule has 1 amide bonds. The van der Waals surface area contributed by atoms with Gasteiger partial charge in [0, 0.05) is 0 Å². The van der Waals surface area contributed by atoms with Gasteiger partial charge < -0.3 is 14.8 Å². The summed E-state index contributed by atoms with van der Waals surface area (Å²) in [6.45, 7) is 6.98. The zero-order valence-corrected chi connectivity index (χ0v) is 8.79. The minimum absolute atomic E-state index is 0.336. The topological polar surface area (TPSA) is 64.6 Å². The third-order valence-corrected chi connectivity index (χ3v) is 1.67. The van der Waals surface area contributed by atoms with Crippen LogP contribution in [0.15, 0.2) is 0 Å². The number of hydrogen-bond acceptors (Lipinski definition) is 4. The predicted octanol–water partition coefficient (Wildman–Crippen LogP) is 0.825. The van der Waals surface area contributed by atoms with Crippen LogP contribution in [0.4, 0.5) is 4.79 Å². The molecule has 0 radical (unpaired) electrons. The molecule has 0 spiro atoms. The molecule has 5 heteroatoms. The van der Waals surface area contributed by atoms with Crippen molar-refractivity contribution >= 4 is 12.1 Å². The first-order valence-corrected chi connectivity index (χ1v) is 4.49. The van der Waals surface area contributed by atoms with E-state index in [0.717, 1.165) is 0 Å². The van der Waals surface area contributed by atoms with Crippen LogP contribution in [0.1, 0.15) is 27.7 Å². The number of nitrogens with one attached hydrogen (secondary N) is 1. The van der Waals surface area contributed by atoms with Gasteiger partial charge in [0.15, 0.2) is 0 Å². The first-order valence-electron chi connectivity index (χ1n) is 4.49. The Labute approximate surface area is 82.8 Å². The smallest absolute Gasteiger partial charge is 0.408 e. The Hall–Kier alpha value is -1.26. The van der Waals surface area contributed by atoms with Gasteiger partial charge in [-0.25, -0.2) is 9.59 Å². The third kappa shape index (κ3) is 2.61. The number of esters is 1. The lowest BCUT2D eigenvalue weighted by Gasteiger charge is -2.22. The van der Waals surface area contributed by atoms with Crippen molar-refractivity contribution in [2.24, 2.45) is 0 Å². The van der Waals surface area contributed by atoms with Gasteiger partial charge in [-0.3, -0.25) is 0 Å². The van der Waals surface area contributed by atoms with Crippen LogP contribution in [0.3, 0.4) is 0 Å². The SMILES string of the molecule is C[C@@H]1NC(=O)O[C@H]1C(=O)OC(C)(C)C. The highest BCUT2D eigenvalue weighted by molar-refractivity contribution is 5.83. The Balaban J connectivity index is 2.58. The van der Waals surface area contributed by atoms with E-state index in [1.807, 2.05) is 0 Å². The monoisotopic (exact) mass is 201 g/mol. The van der Waals surface area contributed by atoms with E-state index in [4.69, 9.17) is 9.47 Å². The summed E-state index contributed by atoms with van der Waals surface area (Å²) in [6.07, 6.45) is -1.41. The molecule has 1 rings (SSSR count). The molecule has 0 bridgehead atoms. The van der Waals surface area contributed by atoms with Crippen LogP contribution in [0.5, 0.6) is 0 Å². The molecular weight excluding hydrogens is 186 g/mol. The van der Waals surface area contributed by atoms with Crippen LogP contribution in [-0.4, -0.2) is 29.8 Å². The van der Waals surface area contributed by atoms with E-state index in [0.29, 0.717) is 0 Å². The average molecular weight is 201 g/mol. The normalized spacial score (nSPS) is 26.7. The van der Waals surface area contributed by atoms with Gasteiger partial charge in [0.2, 0.25) is 6.10 Å². The Bertz CT molecular complexity index is 256. The molecule has 1 aliphatic heterocycles. The standard InChI is InChI=1S/C9H15NO4/c1-5-6(13-8(12)10-5)7(11)14-9(2,3)4/h5-6H,1-4H3,(H,10,12)/t5-,6+/m0/s1. The molecule has 1 N–H and O–H groups in total. The molecule has 5 nitrogen and oxygen atoms in total. The first kappa shape index (κ1) is 10.8. The first-order chi connectivity index (χ1) is 6.29. The van der Waals surface area contributed by atoms with Crippen LogP contribution in [0.2, 0.25) is 0 Å². The van der Waals surface area contributed by atoms with Crippen molar-refractivity contribution in [3.8, 4) is 0 Å². The minimum atomic E-state index is -0.832. The van der Waals surface area contributed by atoms with Crippen molar-refractivity contribution in [3.05, 3.63) is 0 Å². The highest BCUT2D eigenvalue weighted by atomic mass is 16.6. The van der Waals surface area contributed by atoms with Gasteiger partial charge >= 0.3 is 12.1 Å². The van der Waals surface area contributed by atoms with E-state index in [-0.39, 0.29) is 6.04 Å². The molecule has 14 heavy (non-hydrogen) atoms. The number of alkyl carbamates (subject to hydrolysis) is 1. The summed E-state index contributed by atoms with van der Waals surface area (Å²) in [4.78, 5) is 22.3. The third-order valence-electron chi connectivity index (χ3n) is 1.67. The minimum Gasteiger partial charge on any atom is -0.457 e. The molecule has 1 saturated heterocycles. The lowest BCUT2D eigenvalue weighted by molar-refractivity contribution is -0.164. The molecule has 0 aliphatic carbocycles. The van der Waals surface area contributed by atoms with Gasteiger partial charge in [-0.1, -0.05) is 0 Å². The fourth-order valence-electron chi connectivity index (χ4n) is 1.13. The average Bonchev–Trinajstić information content (AvgIpc) is 2.26. The van der Waals surface area contributed by atoms with E-state index >= 15 is 0 Å². The molecule has 0 aromatic carbocycles. The predicted molar refractivity (Wildman–Crippen MR) is 48.7 cm³/mol. The van der Waals surface area contributed by atoms with Crippen LogP contribution in [-0.2, 0) is 14.3 Å². The lowest BCUT2D eigenvalue weighted by Crippen LogP contribution is -2.38. The van der Waals surface area contributed by atoms with Crippen molar-refractivity contribution < 1.29 is 19.1 Å². The number of hydrogen-bond donors (Lipinski definition) is 1. The van der Waals surface area contributed by atoms with Gasteiger partial charge in [-0.05, 0) is 27.7 Å². The number of ether oxygens (including phenoxy) is 2. The number of carbonyl (C=O) groups excluding carboxylic acids is 2. The molecule has 0 saturated carbocycles. The number of cyclic esters (lactones) is 1. The van der Waals surface area contributed by atoms with Gasteiger partial charge in [-0.2, -0.15) is 0 Å². The highest BCUT2D eigenvalue weighted by Crippen LogP contribution is 2.15. The summed E-state index contributed by atoms with van der Waals surface area (Å²) in [5.74, 6) is -0.511. The van der Waals surface area contributed by atoms with Crippen LogP contribution in [0, 0.1) is 0 Å². The highest BCUT2D eigenvalue weighted by Gasteiger charge is 2.39. The quantitative estimate of drug-likeness (QED) is 0.638. The second kappa shape index (κ2) is 3.48. The largest absolute Gasteiger partial charge is 0.457 e. The summed E-state index contributed by atoms with van der Waals surface area (Å²) in [5, 5.41) is 2.47. The molecule has 0 aromatic rings. The summed E-state index contributed by atoms with van der Waals surface area (Å²) in [7, 11) is 0. The van der Waals surface area contributed by atoms with E-state index in [1.165, 1.54) is 0 Å². The summed E-state index contributed by atoms with van der Waals surface area (Å²) >= 11 is 0. The summed E-state index contributed by atoms with van der Waals surface area (Å²) in [6, 6.07) is -0.336. The van der Waals surface area contributed by atoms with Crippen LogP contribution in [0.25, 0.3) is 0 Å². The molecule has 1 aliphatic rings. The van der Waals surface area contributed by atoms with Crippen molar-refractivity contribution in [1.82, 2.24) is 5.32 Å². The molecular formula is C9H15NO4. The zero-order valence-electron chi connectivity index (χ0n) is 8.79. The van der Waals surface area contributed by atoms with Crippen LogP contribution < -0.4 is 5.32 Å². The number of amides is 1. The fraction of sp³-hybridized carbons (Fsp3) is 0.778. The van der Waals surface area contributed by atoms with Crippen molar-refractivity contribution in [1.29, 1.82) is 0 Å². The van der Waals surface area contributed by atoms with Gasteiger partial charge in [0.05, 0.1) is 6.04 Å². The van der Waals surface area contributed by atoms with E-state index < -0.39 is 23.8 Å². The second-order valence-electron chi connectivity index (χ2n) is 4.29. The number of carbonyl (C=O) groups is 2. The summed E-state index contributed by atoms with van der Waals surface area (Å²) in [5.41, 5.74) is -0.564. The maximum atomic E-state index is 11.5. The molecule has 0 unspecified atom stereocenters. The Kier molecular flexibility index (Phi) is 2.69. The van der Waals surface area contributed by atoms with Gasteiger partial charge in [0.25, 0.3) is 0 Å². The number of rotatable bonds is 1. The zero-order chi connectivity index (χ0) is 10.9. The molecule has 0 aromatic heterocycles. The molecule has 1 heterocycles. The van der Waals surface area contributed by atoms with E-state index in [9.17, 15) is 9.59 Å². The molecule has 2 atom stereocenters. The van der Waals surface area contributed by atoms with Crippen molar-refractivity contribution in [2.75, 3.05) is 0 Å². The van der Waals surface area contributed by atoms with E-state index in [2.05, 4.69) is 5.32 Å². The lowest BCUT2D eigenvalue weighted by atomic mass is 10.1. The maximum absolute atomic E-state index is 11.5. The van der Waals surface area contributed by atoms with Crippen LogP contribution >= 0.6 is 0 Å². The van der Waals surface area contributed by atoms with Gasteiger partial charge in [0.1, 0.15) is 5.60 Å². The fourth-order valence-corrected chi connectivity index (χ4v) is 1.13. The van der Waals surface area contributed by atoms with E-state index in [1.54, 1.807) is 27.7 Å².